The summed E-state index contributed by atoms with van der Waals surface area (Å²) >= 11 is 2.34. The van der Waals surface area contributed by atoms with Gasteiger partial charge >= 0.3 is 0 Å². The maximum atomic E-state index is 5.76. The van der Waals surface area contributed by atoms with Crippen molar-refractivity contribution in [3.8, 4) is 0 Å². The predicted molar refractivity (Wildman–Crippen MR) is 91.4 cm³/mol. The van der Waals surface area contributed by atoms with Crippen LogP contribution in [-0.2, 0) is 4.74 Å². The Morgan fingerprint density at radius 3 is 3.05 bits per heavy atom. The van der Waals surface area contributed by atoms with E-state index in [1.54, 1.807) is 0 Å². The predicted octanol–water partition coefficient (Wildman–Crippen LogP) is 3.76. The minimum absolute atomic E-state index is 0.368. The van der Waals surface area contributed by atoms with Crippen molar-refractivity contribution >= 4 is 39.2 Å². The Kier molecular flexibility index (Phi) is 4.12. The van der Waals surface area contributed by atoms with Crippen molar-refractivity contribution in [1.82, 2.24) is 4.98 Å². The zero-order valence-corrected chi connectivity index (χ0v) is 14.1. The Morgan fingerprint density at radius 1 is 1.40 bits per heavy atom. The van der Waals surface area contributed by atoms with Gasteiger partial charge in [-0.2, -0.15) is 0 Å². The molecule has 1 fully saturated rings. The lowest BCUT2D eigenvalue weighted by atomic mass is 10.1. The third kappa shape index (κ3) is 2.76. The van der Waals surface area contributed by atoms with Crippen LogP contribution < -0.4 is 4.90 Å². The molecule has 0 aliphatic carbocycles. The summed E-state index contributed by atoms with van der Waals surface area (Å²) < 4.78 is 6.99. The number of halogens is 1. The zero-order valence-electron chi connectivity index (χ0n) is 11.9. The van der Waals surface area contributed by atoms with Crippen molar-refractivity contribution in [2.75, 3.05) is 24.6 Å². The molecule has 1 aromatic carbocycles. The van der Waals surface area contributed by atoms with Crippen molar-refractivity contribution < 1.29 is 4.74 Å². The minimum atomic E-state index is 0.368. The number of ether oxygens (including phenoxy) is 1. The molecule has 3 rings (SSSR count). The third-order valence-electron chi connectivity index (χ3n) is 3.77. The SMILES string of the molecule is CCOC1CCN(c2cc(C)nc3cc(I)ccc23)C1. The smallest absolute Gasteiger partial charge is 0.0766 e. The largest absolute Gasteiger partial charge is 0.377 e. The first-order chi connectivity index (χ1) is 9.67. The monoisotopic (exact) mass is 382 g/mol. The average molecular weight is 382 g/mol. The van der Waals surface area contributed by atoms with Crippen LogP contribution in [0.15, 0.2) is 24.3 Å². The van der Waals surface area contributed by atoms with E-state index in [2.05, 4.69) is 70.6 Å². The van der Waals surface area contributed by atoms with Gasteiger partial charge < -0.3 is 9.64 Å². The van der Waals surface area contributed by atoms with Gasteiger partial charge in [0.2, 0.25) is 0 Å². The summed E-state index contributed by atoms with van der Waals surface area (Å²) in [6, 6.07) is 8.69. The molecular formula is C16H19IN2O. The van der Waals surface area contributed by atoms with E-state index >= 15 is 0 Å². The molecule has 1 aromatic heterocycles. The van der Waals surface area contributed by atoms with Gasteiger partial charge in [0, 0.05) is 40.0 Å². The topological polar surface area (TPSA) is 25.4 Å². The number of hydrogen-bond acceptors (Lipinski definition) is 3. The molecular weight excluding hydrogens is 363 g/mol. The van der Waals surface area contributed by atoms with Gasteiger partial charge in [-0.05, 0) is 67.1 Å². The van der Waals surface area contributed by atoms with Crippen molar-refractivity contribution in [1.29, 1.82) is 0 Å². The number of nitrogens with zero attached hydrogens (tertiary/aromatic N) is 2. The molecule has 1 aliphatic heterocycles. The van der Waals surface area contributed by atoms with Crippen molar-refractivity contribution in [3.63, 3.8) is 0 Å². The number of rotatable bonds is 3. The number of pyridine rings is 1. The minimum Gasteiger partial charge on any atom is -0.377 e. The van der Waals surface area contributed by atoms with E-state index in [9.17, 15) is 0 Å². The van der Waals surface area contributed by atoms with E-state index < -0.39 is 0 Å². The normalized spacial score (nSPS) is 18.9. The van der Waals surface area contributed by atoms with Crippen LogP contribution in [0.2, 0.25) is 0 Å². The fraction of sp³-hybridized carbons (Fsp3) is 0.438. The van der Waals surface area contributed by atoms with Crippen molar-refractivity contribution in [2.45, 2.75) is 26.4 Å². The second-order valence-electron chi connectivity index (χ2n) is 5.26. The van der Waals surface area contributed by atoms with Gasteiger partial charge in [0.1, 0.15) is 0 Å². The van der Waals surface area contributed by atoms with Crippen LogP contribution in [-0.4, -0.2) is 30.8 Å². The summed E-state index contributed by atoms with van der Waals surface area (Å²) in [7, 11) is 0. The fourth-order valence-corrected chi connectivity index (χ4v) is 3.37. The average Bonchev–Trinajstić information content (AvgIpc) is 2.86. The van der Waals surface area contributed by atoms with Crippen molar-refractivity contribution in [2.24, 2.45) is 0 Å². The van der Waals surface area contributed by atoms with Crippen LogP contribution in [0.5, 0.6) is 0 Å². The van der Waals surface area contributed by atoms with E-state index in [-0.39, 0.29) is 0 Å². The number of benzene rings is 1. The molecule has 2 aromatic rings. The lowest BCUT2D eigenvalue weighted by molar-refractivity contribution is 0.0788. The molecule has 0 N–H and O–H groups in total. The van der Waals surface area contributed by atoms with Crippen LogP contribution in [0.3, 0.4) is 0 Å². The highest BCUT2D eigenvalue weighted by Gasteiger charge is 2.24. The van der Waals surface area contributed by atoms with E-state index in [0.717, 1.165) is 37.3 Å². The highest BCUT2D eigenvalue weighted by atomic mass is 127. The lowest BCUT2D eigenvalue weighted by Crippen LogP contribution is -2.23. The van der Waals surface area contributed by atoms with Crippen molar-refractivity contribution in [3.05, 3.63) is 33.5 Å². The molecule has 0 amide bonds. The molecule has 1 saturated heterocycles. The van der Waals surface area contributed by atoms with Gasteiger partial charge in [-0.3, -0.25) is 4.98 Å². The third-order valence-corrected chi connectivity index (χ3v) is 4.44. The van der Waals surface area contributed by atoms with Crippen LogP contribution in [0.25, 0.3) is 10.9 Å². The number of aryl methyl sites for hydroxylation is 1. The first kappa shape index (κ1) is 14.1. The summed E-state index contributed by atoms with van der Waals surface area (Å²) in [5.41, 5.74) is 3.47. The summed E-state index contributed by atoms with van der Waals surface area (Å²) in [4.78, 5) is 7.10. The molecule has 0 radical (unpaired) electrons. The molecule has 0 bridgehead atoms. The van der Waals surface area contributed by atoms with Crippen LogP contribution in [0.4, 0.5) is 5.69 Å². The maximum absolute atomic E-state index is 5.76. The number of hydrogen-bond donors (Lipinski definition) is 0. The highest BCUT2D eigenvalue weighted by Crippen LogP contribution is 2.30. The van der Waals surface area contributed by atoms with E-state index in [0.29, 0.717) is 6.10 Å². The molecule has 4 heteroatoms. The molecule has 106 valence electrons. The van der Waals surface area contributed by atoms with Gasteiger partial charge in [0.25, 0.3) is 0 Å². The standard InChI is InChI=1S/C16H19IN2O/c1-3-20-13-6-7-19(10-13)16-8-11(2)18-15-9-12(17)4-5-14(15)16/h4-5,8-9,13H,3,6-7,10H2,1-2H3. The number of fused-ring (bicyclic) bond motifs is 1. The second kappa shape index (κ2) is 5.85. The second-order valence-corrected chi connectivity index (χ2v) is 6.50. The molecule has 1 aliphatic rings. The summed E-state index contributed by atoms with van der Waals surface area (Å²) in [6.45, 7) is 6.98. The van der Waals surface area contributed by atoms with Crippen LogP contribution >= 0.6 is 22.6 Å². The fourth-order valence-electron chi connectivity index (χ4n) is 2.89. The molecule has 0 saturated carbocycles. The maximum Gasteiger partial charge on any atom is 0.0766 e. The molecule has 0 spiro atoms. The Bertz CT molecular complexity index is 624. The Labute approximate surface area is 133 Å². The Morgan fingerprint density at radius 2 is 2.25 bits per heavy atom. The molecule has 1 atom stereocenters. The van der Waals surface area contributed by atoms with E-state index in [4.69, 9.17) is 4.74 Å². The van der Waals surface area contributed by atoms with Gasteiger partial charge in [0.05, 0.1) is 11.6 Å². The molecule has 2 heterocycles. The highest BCUT2D eigenvalue weighted by molar-refractivity contribution is 14.1. The zero-order chi connectivity index (χ0) is 14.1. The lowest BCUT2D eigenvalue weighted by Gasteiger charge is -2.21. The quantitative estimate of drug-likeness (QED) is 0.756. The first-order valence-electron chi connectivity index (χ1n) is 7.11. The van der Waals surface area contributed by atoms with E-state index in [1.807, 2.05) is 0 Å². The Balaban J connectivity index is 1.99. The van der Waals surface area contributed by atoms with Gasteiger partial charge in [0.15, 0.2) is 0 Å². The van der Waals surface area contributed by atoms with Gasteiger partial charge in [-0.1, -0.05) is 0 Å². The van der Waals surface area contributed by atoms with Crippen LogP contribution in [0.1, 0.15) is 19.0 Å². The van der Waals surface area contributed by atoms with Gasteiger partial charge in [-0.25, -0.2) is 0 Å². The summed E-state index contributed by atoms with van der Waals surface area (Å²) in [5, 5.41) is 1.24. The van der Waals surface area contributed by atoms with E-state index in [1.165, 1.54) is 14.6 Å². The number of anilines is 1. The molecule has 20 heavy (non-hydrogen) atoms. The summed E-state index contributed by atoms with van der Waals surface area (Å²) in [5.74, 6) is 0. The molecule has 3 nitrogen and oxygen atoms in total. The Hall–Kier alpha value is -0.880. The van der Waals surface area contributed by atoms with Gasteiger partial charge in [-0.15, -0.1) is 0 Å². The molecule has 1 unspecified atom stereocenters. The first-order valence-corrected chi connectivity index (χ1v) is 8.18. The van der Waals surface area contributed by atoms with Crippen LogP contribution in [0, 0.1) is 10.5 Å². The number of aromatic nitrogens is 1. The summed E-state index contributed by atoms with van der Waals surface area (Å²) in [6.07, 6.45) is 1.48.